The zero-order chi connectivity index (χ0) is 16.3. The SMILES string of the molecule is O=C1C[C@@H]2OCC[C@@H]3CN4CC[C@]56c7ccccc7N1[C@H]5[C@@H]2[C@H]3C[C@@H]46. The van der Waals surface area contributed by atoms with Crippen molar-refractivity contribution in [3.8, 4) is 0 Å². The number of ether oxygens (including phenoxy) is 1. The van der Waals surface area contributed by atoms with E-state index in [9.17, 15) is 4.79 Å². The van der Waals surface area contributed by atoms with E-state index in [1.807, 2.05) is 0 Å². The van der Waals surface area contributed by atoms with Gasteiger partial charge in [-0.05, 0) is 49.3 Å². The molecule has 2 bridgehead atoms. The Balaban J connectivity index is 1.53. The molecule has 4 saturated heterocycles. The summed E-state index contributed by atoms with van der Waals surface area (Å²) in [5, 5.41) is 0. The maximum atomic E-state index is 13.2. The van der Waals surface area contributed by atoms with Crippen molar-refractivity contribution in [3.63, 3.8) is 0 Å². The number of fused-ring (bicyclic) bond motifs is 2. The van der Waals surface area contributed by atoms with E-state index in [1.165, 1.54) is 43.6 Å². The van der Waals surface area contributed by atoms with Crippen LogP contribution in [-0.4, -0.2) is 48.7 Å². The lowest BCUT2D eigenvalue weighted by Crippen LogP contribution is -2.70. The lowest BCUT2D eigenvalue weighted by atomic mass is 9.52. The highest BCUT2D eigenvalue weighted by atomic mass is 16.5. The molecule has 130 valence electrons. The second kappa shape index (κ2) is 4.29. The molecule has 4 heteroatoms. The Morgan fingerprint density at radius 3 is 3.12 bits per heavy atom. The largest absolute Gasteiger partial charge is 0.377 e. The first kappa shape index (κ1) is 13.8. The quantitative estimate of drug-likeness (QED) is 0.728. The number of hydrogen-bond acceptors (Lipinski definition) is 3. The molecule has 7 atom stereocenters. The van der Waals surface area contributed by atoms with Crippen LogP contribution in [0.3, 0.4) is 0 Å². The van der Waals surface area contributed by atoms with Crippen LogP contribution in [0.4, 0.5) is 5.69 Å². The van der Waals surface area contributed by atoms with Gasteiger partial charge < -0.3 is 9.64 Å². The Hall–Kier alpha value is -1.39. The summed E-state index contributed by atoms with van der Waals surface area (Å²) in [5.41, 5.74) is 2.83. The molecule has 6 aliphatic rings. The molecule has 25 heavy (non-hydrogen) atoms. The lowest BCUT2D eigenvalue weighted by molar-refractivity contribution is -0.134. The number of hydrogen-bond donors (Lipinski definition) is 0. The summed E-state index contributed by atoms with van der Waals surface area (Å²) in [6.07, 6.45) is 4.46. The van der Waals surface area contributed by atoms with Crippen LogP contribution in [0.25, 0.3) is 0 Å². The average Bonchev–Trinajstić information content (AvgIpc) is 3.10. The molecular weight excluding hydrogens is 312 g/mol. The van der Waals surface area contributed by atoms with Crippen LogP contribution in [0.1, 0.15) is 31.2 Å². The maximum Gasteiger partial charge on any atom is 0.229 e. The van der Waals surface area contributed by atoms with Crippen molar-refractivity contribution in [2.24, 2.45) is 17.8 Å². The highest BCUT2D eigenvalue weighted by molar-refractivity contribution is 5.99. The topological polar surface area (TPSA) is 32.8 Å². The van der Waals surface area contributed by atoms with Crippen molar-refractivity contribution in [1.29, 1.82) is 0 Å². The molecule has 5 fully saturated rings. The number of amides is 1. The van der Waals surface area contributed by atoms with Crippen LogP contribution in [0.2, 0.25) is 0 Å². The monoisotopic (exact) mass is 336 g/mol. The summed E-state index contributed by atoms with van der Waals surface area (Å²) in [6.45, 7) is 3.31. The fourth-order valence-electron chi connectivity index (χ4n) is 7.96. The first-order chi connectivity index (χ1) is 12.3. The predicted molar refractivity (Wildman–Crippen MR) is 93.4 cm³/mol. The minimum atomic E-state index is 0.156. The highest BCUT2D eigenvalue weighted by Crippen LogP contribution is 2.66. The van der Waals surface area contributed by atoms with E-state index in [4.69, 9.17) is 4.74 Å². The van der Waals surface area contributed by atoms with Gasteiger partial charge in [-0.15, -0.1) is 0 Å². The second-order valence-electron chi connectivity index (χ2n) is 9.17. The van der Waals surface area contributed by atoms with E-state index >= 15 is 0 Å². The van der Waals surface area contributed by atoms with E-state index < -0.39 is 0 Å². The Morgan fingerprint density at radius 1 is 1.24 bits per heavy atom. The van der Waals surface area contributed by atoms with E-state index in [2.05, 4.69) is 34.1 Å². The van der Waals surface area contributed by atoms with Gasteiger partial charge in [0.2, 0.25) is 5.91 Å². The molecule has 7 rings (SSSR count). The van der Waals surface area contributed by atoms with Crippen molar-refractivity contribution >= 4 is 11.6 Å². The lowest BCUT2D eigenvalue weighted by Gasteiger charge is -2.59. The zero-order valence-corrected chi connectivity index (χ0v) is 14.4. The molecule has 0 N–H and O–H groups in total. The minimum Gasteiger partial charge on any atom is -0.377 e. The summed E-state index contributed by atoms with van der Waals surface area (Å²) in [5.74, 6) is 2.34. The number of nitrogens with zero attached hydrogens (tertiary/aromatic N) is 2. The molecule has 0 radical (unpaired) electrons. The van der Waals surface area contributed by atoms with Gasteiger partial charge in [-0.3, -0.25) is 9.69 Å². The van der Waals surface area contributed by atoms with Gasteiger partial charge in [0.25, 0.3) is 0 Å². The molecule has 1 amide bonds. The normalized spacial score (nSPS) is 49.1. The molecule has 1 saturated carbocycles. The molecule has 1 aliphatic carbocycles. The Labute approximate surface area is 148 Å². The summed E-state index contributed by atoms with van der Waals surface area (Å²) in [6, 6.07) is 9.78. The van der Waals surface area contributed by atoms with Crippen molar-refractivity contribution in [3.05, 3.63) is 29.8 Å². The van der Waals surface area contributed by atoms with Crippen molar-refractivity contribution in [2.45, 2.75) is 49.3 Å². The van der Waals surface area contributed by atoms with Gasteiger partial charge in [0.1, 0.15) is 0 Å². The van der Waals surface area contributed by atoms with Gasteiger partial charge in [-0.25, -0.2) is 0 Å². The molecular formula is C21H24N2O2. The number of piperidine rings is 2. The van der Waals surface area contributed by atoms with Gasteiger partial charge in [0.05, 0.1) is 18.6 Å². The van der Waals surface area contributed by atoms with E-state index in [1.54, 1.807) is 0 Å². The van der Waals surface area contributed by atoms with Crippen molar-refractivity contribution in [1.82, 2.24) is 4.90 Å². The van der Waals surface area contributed by atoms with Gasteiger partial charge in [-0.2, -0.15) is 0 Å². The van der Waals surface area contributed by atoms with E-state index in [0.717, 1.165) is 18.4 Å². The number of para-hydroxylation sites is 1. The summed E-state index contributed by atoms with van der Waals surface area (Å²) < 4.78 is 6.33. The van der Waals surface area contributed by atoms with E-state index in [0.29, 0.717) is 30.3 Å². The maximum absolute atomic E-state index is 13.2. The third-order valence-corrected chi connectivity index (χ3v) is 8.64. The third kappa shape index (κ3) is 1.37. The number of rotatable bonds is 0. The first-order valence-electron chi connectivity index (χ1n) is 10.1. The Kier molecular flexibility index (Phi) is 2.36. The van der Waals surface area contributed by atoms with Gasteiger partial charge >= 0.3 is 0 Å². The summed E-state index contributed by atoms with van der Waals surface area (Å²) in [7, 11) is 0. The number of carbonyl (C=O) groups is 1. The van der Waals surface area contributed by atoms with Crippen LogP contribution >= 0.6 is 0 Å². The van der Waals surface area contributed by atoms with Crippen molar-refractivity contribution < 1.29 is 9.53 Å². The molecule has 0 unspecified atom stereocenters. The third-order valence-electron chi connectivity index (χ3n) is 8.64. The smallest absolute Gasteiger partial charge is 0.229 e. The second-order valence-corrected chi connectivity index (χ2v) is 9.17. The van der Waals surface area contributed by atoms with Crippen LogP contribution in [-0.2, 0) is 14.9 Å². The number of benzene rings is 1. The van der Waals surface area contributed by atoms with Gasteiger partial charge in [0.15, 0.2) is 0 Å². The minimum absolute atomic E-state index is 0.156. The highest BCUT2D eigenvalue weighted by Gasteiger charge is 2.71. The van der Waals surface area contributed by atoms with Crippen molar-refractivity contribution in [2.75, 3.05) is 24.6 Å². The average molecular weight is 336 g/mol. The fraction of sp³-hybridized carbons (Fsp3) is 0.667. The first-order valence-corrected chi connectivity index (χ1v) is 10.1. The molecule has 1 aromatic carbocycles. The fourth-order valence-corrected chi connectivity index (χ4v) is 7.96. The molecule has 1 spiro atoms. The Bertz CT molecular complexity index is 794. The number of anilines is 1. The van der Waals surface area contributed by atoms with Crippen LogP contribution < -0.4 is 4.90 Å². The molecule has 4 nitrogen and oxygen atoms in total. The molecule has 5 heterocycles. The van der Waals surface area contributed by atoms with Crippen LogP contribution in [0.5, 0.6) is 0 Å². The van der Waals surface area contributed by atoms with E-state index in [-0.39, 0.29) is 11.5 Å². The number of carbonyl (C=O) groups excluding carboxylic acids is 1. The van der Waals surface area contributed by atoms with Gasteiger partial charge in [-0.1, -0.05) is 18.2 Å². The van der Waals surface area contributed by atoms with Gasteiger partial charge in [0, 0.05) is 36.2 Å². The predicted octanol–water partition coefficient (Wildman–Crippen LogP) is 2.17. The molecule has 0 aromatic heterocycles. The standard InChI is InChI=1S/C21H24N2O2/c24-18-10-16-19-13-9-17-21(6-7-22(17)11-12(13)5-8-25-16)14-3-1-2-4-15(14)23(18)20(19)21/h1-4,12-13,16-17,19-20H,5-11H2/t12-,13+,16+,17-,19-,20+,21-/m1/s1. The summed E-state index contributed by atoms with van der Waals surface area (Å²) >= 11 is 0. The Morgan fingerprint density at radius 2 is 2.16 bits per heavy atom. The van der Waals surface area contributed by atoms with Crippen LogP contribution in [0, 0.1) is 17.8 Å². The summed E-state index contributed by atoms with van der Waals surface area (Å²) in [4.78, 5) is 18.2. The zero-order valence-electron chi connectivity index (χ0n) is 14.4. The molecule has 5 aliphatic heterocycles. The van der Waals surface area contributed by atoms with Crippen LogP contribution in [0.15, 0.2) is 24.3 Å². The molecule has 1 aromatic rings.